The Balaban J connectivity index is 1.03. The van der Waals surface area contributed by atoms with E-state index in [0.29, 0.717) is 5.92 Å². The summed E-state index contributed by atoms with van der Waals surface area (Å²) in [5.74, 6) is 2.63. The molecule has 1 aliphatic heterocycles. The summed E-state index contributed by atoms with van der Waals surface area (Å²) in [6.07, 6.45) is 21.5. The van der Waals surface area contributed by atoms with Gasteiger partial charge in [0.25, 0.3) is 0 Å². The first kappa shape index (κ1) is 45.6. The molecule has 4 atom stereocenters. The molecule has 374 valence electrons. The number of benzene rings is 7. The summed E-state index contributed by atoms with van der Waals surface area (Å²) in [6, 6.07) is 53.9. The quantitative estimate of drug-likeness (QED) is 0.155. The van der Waals surface area contributed by atoms with E-state index in [1.807, 2.05) is 0 Å². The predicted octanol–water partition coefficient (Wildman–Crippen LogP) is 18.6. The zero-order chi connectivity index (χ0) is 51.2. The number of aryl methyl sites for hydroxylation is 4. The monoisotopic (exact) mass is 988 g/mol. The van der Waals surface area contributed by atoms with Crippen LogP contribution in [-0.2, 0) is 22.0 Å². The van der Waals surface area contributed by atoms with Gasteiger partial charge in [0.05, 0.1) is 22.5 Å². The number of furan rings is 1. The molecule has 1 spiro atoms. The second-order valence-corrected chi connectivity index (χ2v) is 23.4. The lowest BCUT2D eigenvalue weighted by molar-refractivity contribution is 0.171. The van der Waals surface area contributed by atoms with Gasteiger partial charge in [-0.3, -0.25) is 0 Å². The van der Waals surface area contributed by atoms with E-state index in [9.17, 15) is 0 Å². The van der Waals surface area contributed by atoms with Gasteiger partial charge >= 0.3 is 0 Å². The van der Waals surface area contributed by atoms with E-state index in [4.69, 9.17) is 9.15 Å². The van der Waals surface area contributed by atoms with E-state index in [0.717, 1.165) is 77.7 Å². The number of nitrogens with zero attached hydrogens (tertiary/aromatic N) is 2. The minimum Gasteiger partial charge on any atom is -0.487 e. The molecule has 0 amide bonds. The van der Waals surface area contributed by atoms with E-state index in [2.05, 4.69) is 227 Å². The van der Waals surface area contributed by atoms with Crippen LogP contribution in [0.4, 0.5) is 22.7 Å². The molecule has 1 saturated heterocycles. The highest BCUT2D eigenvalue weighted by atomic mass is 16.5. The normalized spacial score (nSPS) is 22.3. The average molecular weight is 989 g/mol. The van der Waals surface area contributed by atoms with E-state index >= 15 is 0 Å². The molecular formula is C72H64N2O2. The van der Waals surface area contributed by atoms with E-state index in [-0.39, 0.29) is 17.4 Å². The van der Waals surface area contributed by atoms with E-state index in [1.54, 1.807) is 11.1 Å². The molecule has 4 nitrogen and oxygen atoms in total. The van der Waals surface area contributed by atoms with Crippen LogP contribution in [0.3, 0.4) is 0 Å². The molecule has 2 heterocycles. The Morgan fingerprint density at radius 1 is 0.618 bits per heavy atom. The van der Waals surface area contributed by atoms with Gasteiger partial charge in [-0.05, 0) is 171 Å². The van der Waals surface area contributed by atoms with Crippen LogP contribution in [0, 0.1) is 32.6 Å². The molecule has 0 N–H and O–H groups in total. The molecule has 76 heavy (non-hydrogen) atoms. The molecule has 1 aromatic heterocycles. The zero-order valence-corrected chi connectivity index (χ0v) is 44.6. The third kappa shape index (κ3) is 6.36. The number of para-hydroxylation sites is 1. The molecule has 4 heteroatoms. The minimum absolute atomic E-state index is 0.0358. The van der Waals surface area contributed by atoms with Crippen LogP contribution in [0.5, 0.6) is 0 Å². The van der Waals surface area contributed by atoms with Gasteiger partial charge in [-0.2, -0.15) is 0 Å². The summed E-state index contributed by atoms with van der Waals surface area (Å²) in [5.41, 5.74) is 24.8. The highest BCUT2D eigenvalue weighted by Gasteiger charge is 2.56. The lowest BCUT2D eigenvalue weighted by atomic mass is 9.53. The summed E-state index contributed by atoms with van der Waals surface area (Å²) in [5, 5.41) is 3.73. The Labute approximate surface area is 447 Å². The number of ether oxygens (including phenoxy) is 1. The fourth-order valence-electron chi connectivity index (χ4n) is 15.3. The Morgan fingerprint density at radius 2 is 1.32 bits per heavy atom. The van der Waals surface area contributed by atoms with Crippen molar-refractivity contribution >= 4 is 50.2 Å². The molecule has 8 aromatic rings. The van der Waals surface area contributed by atoms with Gasteiger partial charge in [-0.1, -0.05) is 164 Å². The molecule has 0 saturated carbocycles. The first-order valence-corrected chi connectivity index (χ1v) is 28.0. The van der Waals surface area contributed by atoms with Gasteiger partial charge in [0.15, 0.2) is 5.76 Å². The first-order chi connectivity index (χ1) is 37.1. The number of hydrogen-bond acceptors (Lipinski definition) is 4. The topological polar surface area (TPSA) is 28.9 Å². The third-order valence-corrected chi connectivity index (χ3v) is 18.8. The number of hydrogen-bond donors (Lipinski definition) is 0. The minimum atomic E-state index is -0.573. The third-order valence-electron chi connectivity index (χ3n) is 18.8. The summed E-state index contributed by atoms with van der Waals surface area (Å²) >= 11 is 0. The molecule has 4 unspecified atom stereocenters. The van der Waals surface area contributed by atoms with Crippen molar-refractivity contribution < 1.29 is 9.15 Å². The van der Waals surface area contributed by atoms with Gasteiger partial charge in [0.2, 0.25) is 0 Å². The largest absolute Gasteiger partial charge is 0.487 e. The van der Waals surface area contributed by atoms with Crippen molar-refractivity contribution in [1.82, 2.24) is 0 Å². The van der Waals surface area contributed by atoms with Gasteiger partial charge in [0.1, 0.15) is 17.4 Å². The van der Waals surface area contributed by atoms with E-state index in [1.165, 1.54) is 95.9 Å². The SMILES string of the molecule is CC1=CC=CC2C3CC=CC(N(c4ccc(C)cc4)c4cc5c(c6ccccc46)-c4ccc(N(C6=CCCc7c6oc6c(C)cccc76)c6ccc(C)cc6)cc4C54C5=C(CCCC5)C(C)(C)c5ccccc54)=C3OC12. The summed E-state index contributed by atoms with van der Waals surface area (Å²) in [7, 11) is 0. The van der Waals surface area contributed by atoms with Gasteiger partial charge < -0.3 is 19.0 Å². The maximum absolute atomic E-state index is 7.26. The lowest BCUT2D eigenvalue weighted by Crippen LogP contribution is -2.42. The van der Waals surface area contributed by atoms with Crippen molar-refractivity contribution in [1.29, 1.82) is 0 Å². The van der Waals surface area contributed by atoms with Crippen LogP contribution < -0.4 is 9.80 Å². The highest BCUT2D eigenvalue weighted by Crippen LogP contribution is 2.67. The molecule has 0 radical (unpaired) electrons. The second kappa shape index (κ2) is 16.8. The molecule has 15 rings (SSSR count). The molecule has 7 aliphatic rings. The van der Waals surface area contributed by atoms with Gasteiger partial charge in [0, 0.05) is 50.6 Å². The molecule has 0 bridgehead atoms. The lowest BCUT2D eigenvalue weighted by Gasteiger charge is -2.50. The Bertz CT molecular complexity index is 3980. The van der Waals surface area contributed by atoms with Crippen LogP contribution in [-0.4, -0.2) is 6.10 Å². The molecule has 7 aromatic carbocycles. The number of anilines is 4. The predicted molar refractivity (Wildman–Crippen MR) is 314 cm³/mol. The number of rotatable bonds is 6. The highest BCUT2D eigenvalue weighted by molar-refractivity contribution is 6.11. The molecular weight excluding hydrogens is 925 g/mol. The second-order valence-electron chi connectivity index (χ2n) is 23.4. The smallest absolute Gasteiger partial charge is 0.155 e. The Morgan fingerprint density at radius 3 is 2.11 bits per heavy atom. The fourth-order valence-corrected chi connectivity index (χ4v) is 15.3. The number of allylic oxidation sites excluding steroid dienone is 8. The maximum atomic E-state index is 7.26. The molecule has 6 aliphatic carbocycles. The van der Waals surface area contributed by atoms with E-state index < -0.39 is 5.41 Å². The standard InChI is InChI=1S/C72H64N2O2/c1-43-31-35-47(36-32-43)73(63-29-15-23-54-52-21-13-17-45(3)67(52)75-69(54)63)49-39-40-56-61(41-49)72(59-27-11-9-25-57(59)71(5,6)58-26-10-12-28-60(58)72)62-42-65(50-19-7-8-20-51(50)66(56)62)74(48-37-33-44(2)34-38-48)64-30-16-24-55-53-22-14-18-46(4)68(53)76-70(55)64/h7-9,11,13-14,16-22,25,27,29-42,53,55,68H,10,12,15,23-24,26,28H2,1-6H3. The van der Waals surface area contributed by atoms with Crippen LogP contribution >= 0.6 is 0 Å². The first-order valence-electron chi connectivity index (χ1n) is 28.0. The van der Waals surface area contributed by atoms with Gasteiger partial charge in [-0.25, -0.2) is 0 Å². The van der Waals surface area contributed by atoms with Crippen LogP contribution in [0.15, 0.2) is 209 Å². The van der Waals surface area contributed by atoms with Crippen LogP contribution in [0.2, 0.25) is 0 Å². The maximum Gasteiger partial charge on any atom is 0.155 e. The molecule has 1 fully saturated rings. The van der Waals surface area contributed by atoms with Crippen molar-refractivity contribution in [3.05, 3.63) is 254 Å². The van der Waals surface area contributed by atoms with Crippen molar-refractivity contribution in [2.45, 2.75) is 103 Å². The Kier molecular flexibility index (Phi) is 10.1. The Hall–Kier alpha value is -7.82. The summed E-state index contributed by atoms with van der Waals surface area (Å²) < 4.78 is 14.3. The fraction of sp³-hybridized carbons (Fsp3) is 0.250. The number of fused-ring (bicyclic) bond motifs is 16. The van der Waals surface area contributed by atoms with Crippen LogP contribution in [0.25, 0.3) is 38.6 Å². The van der Waals surface area contributed by atoms with Crippen molar-refractivity contribution in [3.8, 4) is 11.1 Å². The van der Waals surface area contributed by atoms with Crippen LogP contribution in [0.1, 0.15) is 110 Å². The average Bonchev–Trinajstić information content (AvgIpc) is 4.18. The van der Waals surface area contributed by atoms with Crippen molar-refractivity contribution in [2.75, 3.05) is 9.80 Å². The van der Waals surface area contributed by atoms with Gasteiger partial charge in [-0.15, -0.1) is 0 Å². The summed E-state index contributed by atoms with van der Waals surface area (Å²) in [6.45, 7) is 13.8. The summed E-state index contributed by atoms with van der Waals surface area (Å²) in [4.78, 5) is 5.08. The van der Waals surface area contributed by atoms with Crippen molar-refractivity contribution in [2.24, 2.45) is 11.8 Å². The zero-order valence-electron chi connectivity index (χ0n) is 44.6. The van der Waals surface area contributed by atoms with Crippen molar-refractivity contribution in [3.63, 3.8) is 0 Å².